The predicted molar refractivity (Wildman–Crippen MR) is 47.8 cm³/mol. The molecular formula is C8H13ClN2. The van der Waals surface area contributed by atoms with Gasteiger partial charge in [-0.05, 0) is 18.7 Å². The van der Waals surface area contributed by atoms with E-state index in [0.717, 1.165) is 13.1 Å². The molecule has 1 heterocycles. The lowest BCUT2D eigenvalue weighted by Gasteiger charge is -2.12. The maximum Gasteiger partial charge on any atom is 0.0351 e. The summed E-state index contributed by atoms with van der Waals surface area (Å²) in [6.07, 6.45) is 3.94. The second-order valence-corrected chi connectivity index (χ2v) is 3.02. The van der Waals surface area contributed by atoms with E-state index < -0.39 is 0 Å². The van der Waals surface area contributed by atoms with E-state index in [2.05, 4.69) is 23.0 Å². The number of aromatic amines is 1. The smallest absolute Gasteiger partial charge is 0.0351 e. The molecule has 3 heteroatoms. The van der Waals surface area contributed by atoms with Crippen LogP contribution >= 0.6 is 11.6 Å². The van der Waals surface area contributed by atoms with E-state index in [1.165, 1.54) is 5.56 Å². The van der Waals surface area contributed by atoms with Crippen molar-refractivity contribution in [2.24, 2.45) is 0 Å². The number of alkyl halides is 1. The van der Waals surface area contributed by atoms with Crippen molar-refractivity contribution in [3.8, 4) is 0 Å². The molecule has 0 spiro atoms. The third kappa shape index (κ3) is 2.95. The molecule has 0 bridgehead atoms. The topological polar surface area (TPSA) is 19.0 Å². The van der Waals surface area contributed by atoms with Gasteiger partial charge in [-0.1, -0.05) is 0 Å². The maximum atomic E-state index is 5.59. The zero-order valence-corrected chi connectivity index (χ0v) is 7.43. The summed E-state index contributed by atoms with van der Waals surface area (Å²) in [5.41, 5.74) is 1.30. The van der Waals surface area contributed by atoms with E-state index in [1.807, 2.05) is 12.4 Å². The van der Waals surface area contributed by atoms with E-state index >= 15 is 0 Å². The molecule has 0 aliphatic rings. The van der Waals surface area contributed by atoms with Crippen LogP contribution in [-0.2, 0) is 6.54 Å². The molecule has 0 amide bonds. The summed E-state index contributed by atoms with van der Waals surface area (Å²) in [6.45, 7) is 1.91. The van der Waals surface area contributed by atoms with Crippen LogP contribution < -0.4 is 0 Å². The quantitative estimate of drug-likeness (QED) is 0.685. The molecule has 1 N–H and O–H groups in total. The summed E-state index contributed by atoms with van der Waals surface area (Å²) in [7, 11) is 2.06. The van der Waals surface area contributed by atoms with Crippen LogP contribution in [0.25, 0.3) is 0 Å². The van der Waals surface area contributed by atoms with E-state index in [4.69, 9.17) is 11.6 Å². The molecule has 1 aromatic rings. The van der Waals surface area contributed by atoms with Gasteiger partial charge < -0.3 is 9.88 Å². The third-order valence-electron chi connectivity index (χ3n) is 1.58. The molecule has 62 valence electrons. The monoisotopic (exact) mass is 172 g/mol. The van der Waals surface area contributed by atoms with Crippen molar-refractivity contribution in [2.45, 2.75) is 6.54 Å². The molecule has 1 rings (SSSR count). The summed E-state index contributed by atoms with van der Waals surface area (Å²) < 4.78 is 0. The molecule has 0 fully saturated rings. The summed E-state index contributed by atoms with van der Waals surface area (Å²) in [5.74, 6) is 0.695. The van der Waals surface area contributed by atoms with Gasteiger partial charge in [0.25, 0.3) is 0 Å². The van der Waals surface area contributed by atoms with Crippen LogP contribution in [0.4, 0.5) is 0 Å². The molecule has 0 aliphatic carbocycles. The zero-order valence-electron chi connectivity index (χ0n) is 6.68. The standard InChI is InChI=1S/C8H13ClN2/c1-11(5-3-9)7-8-2-4-10-6-8/h2,4,6,10H,3,5,7H2,1H3. The van der Waals surface area contributed by atoms with Crippen molar-refractivity contribution in [2.75, 3.05) is 19.5 Å². The zero-order chi connectivity index (χ0) is 8.10. The lowest BCUT2D eigenvalue weighted by Crippen LogP contribution is -2.19. The number of H-pyrrole nitrogens is 1. The second-order valence-electron chi connectivity index (χ2n) is 2.65. The first kappa shape index (κ1) is 8.62. The van der Waals surface area contributed by atoms with Crippen molar-refractivity contribution >= 4 is 11.6 Å². The van der Waals surface area contributed by atoms with Gasteiger partial charge in [0.15, 0.2) is 0 Å². The fraction of sp³-hybridized carbons (Fsp3) is 0.500. The maximum absolute atomic E-state index is 5.59. The minimum atomic E-state index is 0.695. The van der Waals surface area contributed by atoms with Crippen LogP contribution in [0.15, 0.2) is 18.5 Å². The fourth-order valence-corrected chi connectivity index (χ4v) is 1.28. The van der Waals surface area contributed by atoms with E-state index in [1.54, 1.807) is 0 Å². The SMILES string of the molecule is CN(CCCl)Cc1cc[nH]c1. The molecule has 0 aromatic carbocycles. The number of aromatic nitrogens is 1. The number of rotatable bonds is 4. The first-order valence-corrected chi connectivity index (χ1v) is 4.22. The molecule has 0 atom stereocenters. The van der Waals surface area contributed by atoms with Crippen molar-refractivity contribution in [1.82, 2.24) is 9.88 Å². The first-order chi connectivity index (χ1) is 5.33. The molecule has 1 aromatic heterocycles. The van der Waals surface area contributed by atoms with Gasteiger partial charge in [0.1, 0.15) is 0 Å². The highest BCUT2D eigenvalue weighted by Gasteiger charge is 1.97. The first-order valence-electron chi connectivity index (χ1n) is 3.69. The number of hydrogen-bond donors (Lipinski definition) is 1. The Hall–Kier alpha value is -0.470. The Bertz CT molecular complexity index is 184. The lowest BCUT2D eigenvalue weighted by atomic mass is 10.3. The summed E-state index contributed by atoms with van der Waals surface area (Å²) in [6, 6.07) is 2.07. The van der Waals surface area contributed by atoms with Gasteiger partial charge in [-0.3, -0.25) is 0 Å². The van der Waals surface area contributed by atoms with Crippen molar-refractivity contribution in [1.29, 1.82) is 0 Å². The molecule has 2 nitrogen and oxygen atoms in total. The number of halogens is 1. The van der Waals surface area contributed by atoms with Gasteiger partial charge in [-0.25, -0.2) is 0 Å². The van der Waals surface area contributed by atoms with Crippen LogP contribution in [0.1, 0.15) is 5.56 Å². The predicted octanol–water partition coefficient (Wildman–Crippen LogP) is 1.69. The Morgan fingerprint density at radius 3 is 3.00 bits per heavy atom. The summed E-state index contributed by atoms with van der Waals surface area (Å²) >= 11 is 5.59. The highest BCUT2D eigenvalue weighted by molar-refractivity contribution is 6.18. The molecule has 0 unspecified atom stereocenters. The Balaban J connectivity index is 2.31. The number of nitrogens with one attached hydrogen (secondary N) is 1. The van der Waals surface area contributed by atoms with Crippen LogP contribution in [0.5, 0.6) is 0 Å². The molecule has 0 aliphatic heterocycles. The summed E-state index contributed by atoms with van der Waals surface area (Å²) in [4.78, 5) is 5.21. The lowest BCUT2D eigenvalue weighted by molar-refractivity contribution is 0.348. The minimum absolute atomic E-state index is 0.695. The van der Waals surface area contributed by atoms with Crippen LogP contribution in [0.3, 0.4) is 0 Å². The average molecular weight is 173 g/mol. The van der Waals surface area contributed by atoms with Crippen LogP contribution in [0, 0.1) is 0 Å². The number of hydrogen-bond acceptors (Lipinski definition) is 1. The fourth-order valence-electron chi connectivity index (χ4n) is 0.992. The molecule has 0 saturated heterocycles. The van der Waals surface area contributed by atoms with Crippen molar-refractivity contribution in [3.05, 3.63) is 24.0 Å². The minimum Gasteiger partial charge on any atom is -0.367 e. The average Bonchev–Trinajstić information content (AvgIpc) is 2.40. The Kier molecular flexibility index (Phi) is 3.46. The highest BCUT2D eigenvalue weighted by Crippen LogP contribution is 2.00. The normalized spacial score (nSPS) is 10.8. The Labute approximate surface area is 72.2 Å². The van der Waals surface area contributed by atoms with Gasteiger partial charge in [0.2, 0.25) is 0 Å². The summed E-state index contributed by atoms with van der Waals surface area (Å²) in [5, 5.41) is 0. The Morgan fingerprint density at radius 2 is 2.45 bits per heavy atom. The second kappa shape index (κ2) is 4.42. The van der Waals surface area contributed by atoms with E-state index in [9.17, 15) is 0 Å². The van der Waals surface area contributed by atoms with Crippen molar-refractivity contribution < 1.29 is 0 Å². The largest absolute Gasteiger partial charge is 0.367 e. The van der Waals surface area contributed by atoms with Crippen LogP contribution in [-0.4, -0.2) is 29.4 Å². The highest BCUT2D eigenvalue weighted by atomic mass is 35.5. The van der Waals surface area contributed by atoms with Gasteiger partial charge in [-0.15, -0.1) is 11.6 Å². The van der Waals surface area contributed by atoms with Gasteiger partial charge in [0, 0.05) is 31.4 Å². The molecule has 0 radical (unpaired) electrons. The van der Waals surface area contributed by atoms with Gasteiger partial charge >= 0.3 is 0 Å². The van der Waals surface area contributed by atoms with Crippen LogP contribution in [0.2, 0.25) is 0 Å². The third-order valence-corrected chi connectivity index (χ3v) is 1.75. The van der Waals surface area contributed by atoms with E-state index in [-0.39, 0.29) is 0 Å². The Morgan fingerprint density at radius 1 is 1.64 bits per heavy atom. The molecule has 11 heavy (non-hydrogen) atoms. The van der Waals surface area contributed by atoms with Gasteiger partial charge in [-0.2, -0.15) is 0 Å². The van der Waals surface area contributed by atoms with E-state index in [0.29, 0.717) is 5.88 Å². The molecule has 0 saturated carbocycles. The molecular weight excluding hydrogens is 160 g/mol. The van der Waals surface area contributed by atoms with Crippen molar-refractivity contribution in [3.63, 3.8) is 0 Å². The number of nitrogens with zero attached hydrogens (tertiary/aromatic N) is 1. The van der Waals surface area contributed by atoms with Gasteiger partial charge in [0.05, 0.1) is 0 Å².